The maximum Gasteiger partial charge on any atom is 0.416 e. The second-order valence-corrected chi connectivity index (χ2v) is 8.33. The smallest absolute Gasteiger partial charge is 0.416 e. The number of pyridine rings is 1. The van der Waals surface area contributed by atoms with Crippen LogP contribution in [0.25, 0.3) is 11.0 Å². The van der Waals surface area contributed by atoms with Gasteiger partial charge in [-0.05, 0) is 61.0 Å². The van der Waals surface area contributed by atoms with Gasteiger partial charge in [-0.1, -0.05) is 29.3 Å². The summed E-state index contributed by atoms with van der Waals surface area (Å²) in [6.07, 6.45) is -4.06. The third-order valence-electron chi connectivity index (χ3n) is 5.10. The summed E-state index contributed by atoms with van der Waals surface area (Å²) in [6.45, 7) is 1.50. The predicted molar refractivity (Wildman–Crippen MR) is 125 cm³/mol. The summed E-state index contributed by atoms with van der Waals surface area (Å²) in [5.74, 6) is -0.736. The molecule has 2 heterocycles. The highest BCUT2D eigenvalue weighted by Gasteiger charge is 2.31. The molecule has 0 saturated carbocycles. The Morgan fingerprint density at radius 3 is 2.60 bits per heavy atom. The van der Waals surface area contributed by atoms with Gasteiger partial charge in [0, 0.05) is 11.2 Å². The largest absolute Gasteiger partial charge is 0.479 e. The molecule has 0 amide bonds. The predicted octanol–water partition coefficient (Wildman–Crippen LogP) is 7.05. The van der Waals surface area contributed by atoms with Gasteiger partial charge in [0.05, 0.1) is 17.5 Å². The van der Waals surface area contributed by atoms with E-state index in [1.165, 1.54) is 19.1 Å². The molecular formula is C24H17Cl2F3N2O4. The van der Waals surface area contributed by atoms with Crippen LogP contribution in [0.15, 0.2) is 60.8 Å². The molecule has 35 heavy (non-hydrogen) atoms. The summed E-state index contributed by atoms with van der Waals surface area (Å²) in [5.41, 5.74) is 0.116. The van der Waals surface area contributed by atoms with Crippen molar-refractivity contribution in [3.05, 3.63) is 82.1 Å². The Morgan fingerprint density at radius 2 is 1.89 bits per heavy atom. The molecule has 0 spiro atoms. The van der Waals surface area contributed by atoms with Crippen molar-refractivity contribution in [3.8, 4) is 17.2 Å². The number of alkyl halides is 3. The second-order valence-electron chi connectivity index (χ2n) is 7.56. The highest BCUT2D eigenvalue weighted by molar-refractivity contribution is 6.33. The molecule has 2 aromatic heterocycles. The van der Waals surface area contributed by atoms with Gasteiger partial charge in [0.2, 0.25) is 0 Å². The van der Waals surface area contributed by atoms with Crippen LogP contribution in [0.2, 0.25) is 10.2 Å². The Bertz CT molecular complexity index is 1410. The molecule has 1 N–H and O–H groups in total. The van der Waals surface area contributed by atoms with Gasteiger partial charge in [-0.2, -0.15) is 13.2 Å². The molecule has 0 bridgehead atoms. The molecule has 0 fully saturated rings. The molecule has 0 unspecified atom stereocenters. The van der Waals surface area contributed by atoms with Crippen LogP contribution in [0, 0.1) is 0 Å². The first-order valence-corrected chi connectivity index (χ1v) is 11.0. The Kier molecular flexibility index (Phi) is 6.82. The zero-order chi connectivity index (χ0) is 25.3. The van der Waals surface area contributed by atoms with E-state index in [4.69, 9.17) is 37.8 Å². The van der Waals surface area contributed by atoms with Crippen LogP contribution in [-0.4, -0.2) is 26.7 Å². The summed E-state index contributed by atoms with van der Waals surface area (Å²) in [5, 5.41) is 10.0. The van der Waals surface area contributed by atoms with E-state index < -0.39 is 23.8 Å². The summed E-state index contributed by atoms with van der Waals surface area (Å²) >= 11 is 13.0. The molecular weight excluding hydrogens is 508 g/mol. The number of nitrogens with zero attached hydrogens (tertiary/aromatic N) is 2. The van der Waals surface area contributed by atoms with Gasteiger partial charge in [0.15, 0.2) is 17.0 Å². The fourth-order valence-electron chi connectivity index (χ4n) is 3.38. The molecule has 1 atom stereocenters. The number of hydrogen-bond acceptors (Lipinski definition) is 4. The Labute approximate surface area is 207 Å². The number of carboxylic acids is 1. The molecule has 0 aliphatic carbocycles. The molecule has 0 radical (unpaired) electrons. The van der Waals surface area contributed by atoms with E-state index in [2.05, 4.69) is 4.98 Å². The lowest BCUT2D eigenvalue weighted by Gasteiger charge is -2.14. The number of hydrogen-bond donors (Lipinski definition) is 1. The number of halogens is 5. The SMILES string of the molecule is C[C@@H](Oc1ccc(Cl)c(Cn2c(Cl)c(Oc3cccc(C(F)(F)F)c3)c3cccnc32)c1)C(=O)O. The third kappa shape index (κ3) is 5.31. The summed E-state index contributed by atoms with van der Waals surface area (Å²) in [4.78, 5) is 15.5. The van der Waals surface area contributed by atoms with Crippen molar-refractivity contribution in [1.29, 1.82) is 0 Å². The molecule has 11 heteroatoms. The van der Waals surface area contributed by atoms with Crippen molar-refractivity contribution in [2.24, 2.45) is 0 Å². The lowest BCUT2D eigenvalue weighted by molar-refractivity contribution is -0.144. The quantitative estimate of drug-likeness (QED) is 0.280. The molecule has 0 saturated heterocycles. The van der Waals surface area contributed by atoms with Crippen molar-refractivity contribution >= 4 is 40.2 Å². The van der Waals surface area contributed by atoms with E-state index in [1.54, 1.807) is 41.1 Å². The van der Waals surface area contributed by atoms with Crippen LogP contribution in [0.4, 0.5) is 13.2 Å². The number of aliphatic carboxylic acids is 1. The number of rotatable bonds is 7. The lowest BCUT2D eigenvalue weighted by atomic mass is 10.2. The minimum absolute atomic E-state index is 0.0410. The van der Waals surface area contributed by atoms with Gasteiger partial charge in [-0.25, -0.2) is 9.78 Å². The average Bonchev–Trinajstić information content (AvgIpc) is 3.06. The second kappa shape index (κ2) is 9.67. The van der Waals surface area contributed by atoms with E-state index >= 15 is 0 Å². The average molecular weight is 525 g/mol. The van der Waals surface area contributed by atoms with Crippen LogP contribution in [-0.2, 0) is 17.5 Å². The Balaban J connectivity index is 1.72. The first kappa shape index (κ1) is 24.7. The number of carbonyl (C=O) groups is 1. The summed E-state index contributed by atoms with van der Waals surface area (Å²) < 4.78 is 52.2. The van der Waals surface area contributed by atoms with E-state index in [0.29, 0.717) is 27.4 Å². The van der Waals surface area contributed by atoms with Gasteiger partial charge < -0.3 is 19.1 Å². The number of benzene rings is 2. The minimum atomic E-state index is -4.53. The minimum Gasteiger partial charge on any atom is -0.479 e. The normalized spacial score (nSPS) is 12.5. The van der Waals surface area contributed by atoms with E-state index in [0.717, 1.165) is 12.1 Å². The topological polar surface area (TPSA) is 73.6 Å². The fourth-order valence-corrected chi connectivity index (χ4v) is 3.84. The monoisotopic (exact) mass is 524 g/mol. The van der Waals surface area contributed by atoms with Crippen LogP contribution >= 0.6 is 23.2 Å². The molecule has 0 aliphatic heterocycles. The molecule has 182 valence electrons. The first-order chi connectivity index (χ1) is 16.5. The summed E-state index contributed by atoms with van der Waals surface area (Å²) in [6, 6.07) is 12.5. The Morgan fingerprint density at radius 1 is 1.11 bits per heavy atom. The number of ether oxygens (including phenoxy) is 2. The van der Waals surface area contributed by atoms with Crippen molar-refractivity contribution in [2.75, 3.05) is 0 Å². The number of carboxylic acid groups (broad SMARTS) is 1. The van der Waals surface area contributed by atoms with Crippen LogP contribution < -0.4 is 9.47 Å². The summed E-state index contributed by atoms with van der Waals surface area (Å²) in [7, 11) is 0. The number of aromatic nitrogens is 2. The molecule has 0 aliphatic rings. The van der Waals surface area contributed by atoms with Crippen molar-refractivity contribution < 1.29 is 32.5 Å². The van der Waals surface area contributed by atoms with Gasteiger partial charge in [-0.15, -0.1) is 0 Å². The van der Waals surface area contributed by atoms with Crippen molar-refractivity contribution in [2.45, 2.75) is 25.7 Å². The van der Waals surface area contributed by atoms with E-state index in [1.807, 2.05) is 0 Å². The van der Waals surface area contributed by atoms with Crippen LogP contribution in [0.1, 0.15) is 18.1 Å². The zero-order valence-corrected chi connectivity index (χ0v) is 19.5. The molecule has 6 nitrogen and oxygen atoms in total. The highest BCUT2D eigenvalue weighted by Crippen LogP contribution is 2.41. The lowest BCUT2D eigenvalue weighted by Crippen LogP contribution is -2.22. The van der Waals surface area contributed by atoms with Gasteiger partial charge in [-0.3, -0.25) is 0 Å². The molecule has 4 aromatic rings. The first-order valence-electron chi connectivity index (χ1n) is 10.2. The highest BCUT2D eigenvalue weighted by atomic mass is 35.5. The number of fused-ring (bicyclic) bond motifs is 1. The van der Waals surface area contributed by atoms with Crippen molar-refractivity contribution in [1.82, 2.24) is 9.55 Å². The maximum absolute atomic E-state index is 13.1. The fraction of sp³-hybridized carbons (Fsp3) is 0.167. The van der Waals surface area contributed by atoms with Crippen LogP contribution in [0.3, 0.4) is 0 Å². The maximum atomic E-state index is 13.1. The standard InChI is InChI=1S/C24H17Cl2F3N2O4/c1-13(23(32)33)34-17-7-8-19(25)14(10-17)12-31-21(26)20(18-6-3-9-30-22(18)31)35-16-5-2-4-15(11-16)24(27,28)29/h2-11,13H,12H2,1H3,(H,32,33)/t13-/m1/s1. The van der Waals surface area contributed by atoms with Crippen molar-refractivity contribution in [3.63, 3.8) is 0 Å². The zero-order valence-electron chi connectivity index (χ0n) is 18.0. The van der Waals surface area contributed by atoms with E-state index in [-0.39, 0.29) is 23.2 Å². The van der Waals surface area contributed by atoms with Crippen LogP contribution in [0.5, 0.6) is 17.2 Å². The van der Waals surface area contributed by atoms with Gasteiger partial charge in [0.1, 0.15) is 17.1 Å². The van der Waals surface area contributed by atoms with Gasteiger partial charge >= 0.3 is 12.1 Å². The molecule has 2 aromatic carbocycles. The van der Waals surface area contributed by atoms with Gasteiger partial charge in [0.25, 0.3) is 0 Å². The Hall–Kier alpha value is -3.43. The van der Waals surface area contributed by atoms with E-state index in [9.17, 15) is 18.0 Å². The molecule has 4 rings (SSSR count). The third-order valence-corrected chi connectivity index (χ3v) is 5.84.